The molecule has 0 atom stereocenters. The van der Waals surface area contributed by atoms with Crippen molar-refractivity contribution in [2.24, 2.45) is 0 Å². The standard InChI is InChI=1S/C10H16FN/c1-3-5-10(11)9-7-12-6-8(9)4-2/h5,12H,3-4,6-7H2,1-2H3/b10-5+. The minimum absolute atomic E-state index is 0.0284. The second-order valence-electron chi connectivity index (χ2n) is 3.00. The maximum absolute atomic E-state index is 13.3. The fourth-order valence-corrected chi connectivity index (χ4v) is 1.46. The molecule has 0 aliphatic carbocycles. The average Bonchev–Trinajstić information content (AvgIpc) is 2.51. The highest BCUT2D eigenvalue weighted by molar-refractivity contribution is 5.36. The van der Waals surface area contributed by atoms with E-state index in [0.29, 0.717) is 6.54 Å². The Hall–Kier alpha value is -0.630. The highest BCUT2D eigenvalue weighted by Gasteiger charge is 2.15. The topological polar surface area (TPSA) is 12.0 Å². The summed E-state index contributed by atoms with van der Waals surface area (Å²) in [4.78, 5) is 0. The highest BCUT2D eigenvalue weighted by Crippen LogP contribution is 2.21. The number of nitrogens with one attached hydrogen (secondary N) is 1. The van der Waals surface area contributed by atoms with Gasteiger partial charge in [-0.25, -0.2) is 4.39 Å². The molecule has 12 heavy (non-hydrogen) atoms. The smallest absolute Gasteiger partial charge is 0.123 e. The zero-order chi connectivity index (χ0) is 8.97. The summed E-state index contributed by atoms with van der Waals surface area (Å²) >= 11 is 0. The Morgan fingerprint density at radius 1 is 1.50 bits per heavy atom. The van der Waals surface area contributed by atoms with Crippen LogP contribution in [0, 0.1) is 0 Å². The Kier molecular flexibility index (Phi) is 3.48. The van der Waals surface area contributed by atoms with Crippen molar-refractivity contribution in [3.63, 3.8) is 0 Å². The Morgan fingerprint density at radius 3 is 2.83 bits per heavy atom. The molecule has 0 aromatic carbocycles. The van der Waals surface area contributed by atoms with Gasteiger partial charge in [-0.05, 0) is 24.5 Å². The van der Waals surface area contributed by atoms with Crippen LogP contribution in [0.2, 0.25) is 0 Å². The van der Waals surface area contributed by atoms with Gasteiger partial charge >= 0.3 is 0 Å². The first kappa shape index (κ1) is 9.46. The van der Waals surface area contributed by atoms with Crippen LogP contribution in [0.1, 0.15) is 26.7 Å². The zero-order valence-corrected chi connectivity index (χ0v) is 7.78. The maximum Gasteiger partial charge on any atom is 0.123 e. The van der Waals surface area contributed by atoms with Crippen molar-refractivity contribution >= 4 is 0 Å². The summed E-state index contributed by atoms with van der Waals surface area (Å²) in [6.45, 7) is 5.58. The molecular weight excluding hydrogens is 153 g/mol. The normalized spacial score (nSPS) is 19.1. The molecule has 1 N–H and O–H groups in total. The summed E-state index contributed by atoms with van der Waals surface area (Å²) in [6, 6.07) is 0. The van der Waals surface area contributed by atoms with Gasteiger partial charge in [0, 0.05) is 18.7 Å². The van der Waals surface area contributed by atoms with Crippen LogP contribution in [0.15, 0.2) is 23.0 Å². The fraction of sp³-hybridized carbons (Fsp3) is 0.600. The largest absolute Gasteiger partial charge is 0.309 e. The Labute approximate surface area is 73.4 Å². The second-order valence-corrected chi connectivity index (χ2v) is 3.00. The lowest BCUT2D eigenvalue weighted by molar-refractivity contribution is 0.638. The van der Waals surface area contributed by atoms with Gasteiger partial charge in [-0.3, -0.25) is 0 Å². The average molecular weight is 169 g/mol. The van der Waals surface area contributed by atoms with E-state index in [9.17, 15) is 4.39 Å². The lowest BCUT2D eigenvalue weighted by Gasteiger charge is -2.00. The Morgan fingerprint density at radius 2 is 2.25 bits per heavy atom. The van der Waals surface area contributed by atoms with Gasteiger partial charge in [0.15, 0.2) is 0 Å². The van der Waals surface area contributed by atoms with Crippen LogP contribution in [0.3, 0.4) is 0 Å². The van der Waals surface area contributed by atoms with Crippen molar-refractivity contribution in [1.29, 1.82) is 0 Å². The number of hydrogen-bond acceptors (Lipinski definition) is 1. The van der Waals surface area contributed by atoms with Crippen LogP contribution >= 0.6 is 0 Å². The molecule has 1 rings (SSSR count). The van der Waals surface area contributed by atoms with E-state index >= 15 is 0 Å². The molecule has 0 radical (unpaired) electrons. The van der Waals surface area contributed by atoms with E-state index in [1.54, 1.807) is 6.08 Å². The van der Waals surface area contributed by atoms with Crippen molar-refractivity contribution in [3.8, 4) is 0 Å². The van der Waals surface area contributed by atoms with Gasteiger partial charge in [0.1, 0.15) is 5.83 Å². The molecule has 0 unspecified atom stereocenters. The van der Waals surface area contributed by atoms with E-state index in [-0.39, 0.29) is 5.83 Å². The van der Waals surface area contributed by atoms with Crippen LogP contribution in [0.5, 0.6) is 0 Å². The lowest BCUT2D eigenvalue weighted by Crippen LogP contribution is -2.08. The molecule has 0 fully saturated rings. The van der Waals surface area contributed by atoms with E-state index in [1.807, 2.05) is 6.92 Å². The number of allylic oxidation sites excluding steroid dienone is 1. The number of halogens is 1. The van der Waals surface area contributed by atoms with Gasteiger partial charge in [-0.1, -0.05) is 13.8 Å². The van der Waals surface area contributed by atoms with Crippen molar-refractivity contribution in [2.45, 2.75) is 26.7 Å². The first-order valence-electron chi connectivity index (χ1n) is 4.57. The monoisotopic (exact) mass is 169 g/mol. The Bertz CT molecular complexity index is 216. The molecule has 0 saturated heterocycles. The van der Waals surface area contributed by atoms with Crippen LogP contribution in [-0.2, 0) is 0 Å². The van der Waals surface area contributed by atoms with Crippen LogP contribution < -0.4 is 5.32 Å². The first-order valence-corrected chi connectivity index (χ1v) is 4.57. The van der Waals surface area contributed by atoms with Crippen molar-refractivity contribution < 1.29 is 4.39 Å². The maximum atomic E-state index is 13.3. The minimum Gasteiger partial charge on any atom is -0.309 e. The SMILES string of the molecule is CC/C=C(/F)C1=C(CC)CNC1. The minimum atomic E-state index is -0.0284. The molecule has 0 aromatic heterocycles. The fourth-order valence-electron chi connectivity index (χ4n) is 1.46. The molecule has 0 spiro atoms. The molecular formula is C10H16FN. The quantitative estimate of drug-likeness (QED) is 0.684. The molecule has 1 aliphatic heterocycles. The third kappa shape index (κ3) is 1.95. The number of rotatable bonds is 3. The summed E-state index contributed by atoms with van der Waals surface area (Å²) in [5, 5.41) is 3.16. The van der Waals surface area contributed by atoms with Crippen molar-refractivity contribution in [3.05, 3.63) is 23.0 Å². The van der Waals surface area contributed by atoms with E-state index in [0.717, 1.165) is 25.0 Å². The van der Waals surface area contributed by atoms with Gasteiger partial charge in [0.05, 0.1) is 0 Å². The van der Waals surface area contributed by atoms with Crippen LogP contribution in [0.25, 0.3) is 0 Å². The van der Waals surface area contributed by atoms with E-state index in [4.69, 9.17) is 0 Å². The Balaban J connectivity index is 2.78. The molecule has 68 valence electrons. The van der Waals surface area contributed by atoms with Crippen LogP contribution in [0.4, 0.5) is 4.39 Å². The van der Waals surface area contributed by atoms with E-state index < -0.39 is 0 Å². The third-order valence-electron chi connectivity index (χ3n) is 2.17. The van der Waals surface area contributed by atoms with Crippen LogP contribution in [-0.4, -0.2) is 13.1 Å². The summed E-state index contributed by atoms with van der Waals surface area (Å²) in [5.74, 6) is -0.0284. The van der Waals surface area contributed by atoms with Gasteiger partial charge in [0.2, 0.25) is 0 Å². The van der Waals surface area contributed by atoms with Crippen molar-refractivity contribution in [2.75, 3.05) is 13.1 Å². The second kappa shape index (κ2) is 4.41. The molecule has 0 amide bonds. The lowest BCUT2D eigenvalue weighted by atomic mass is 10.1. The highest BCUT2D eigenvalue weighted by atomic mass is 19.1. The predicted molar refractivity (Wildman–Crippen MR) is 49.7 cm³/mol. The van der Waals surface area contributed by atoms with Gasteiger partial charge in [0.25, 0.3) is 0 Å². The molecule has 1 nitrogen and oxygen atoms in total. The summed E-state index contributed by atoms with van der Waals surface area (Å²) in [5.41, 5.74) is 2.11. The van der Waals surface area contributed by atoms with E-state index in [2.05, 4.69) is 12.2 Å². The summed E-state index contributed by atoms with van der Waals surface area (Å²) in [6.07, 6.45) is 3.37. The molecule has 0 bridgehead atoms. The van der Waals surface area contributed by atoms with Gasteiger partial charge in [-0.15, -0.1) is 0 Å². The zero-order valence-electron chi connectivity index (χ0n) is 7.78. The molecule has 0 aromatic rings. The first-order chi connectivity index (χ1) is 5.79. The van der Waals surface area contributed by atoms with Crippen molar-refractivity contribution in [1.82, 2.24) is 5.32 Å². The predicted octanol–water partition coefficient (Wildman–Crippen LogP) is 2.56. The van der Waals surface area contributed by atoms with Gasteiger partial charge in [-0.2, -0.15) is 0 Å². The van der Waals surface area contributed by atoms with E-state index in [1.165, 1.54) is 5.57 Å². The summed E-state index contributed by atoms with van der Waals surface area (Å²) in [7, 11) is 0. The molecule has 0 saturated carbocycles. The molecule has 1 aliphatic rings. The molecule has 1 heterocycles. The molecule has 2 heteroatoms. The summed E-state index contributed by atoms with van der Waals surface area (Å²) < 4.78 is 13.3. The van der Waals surface area contributed by atoms with Gasteiger partial charge < -0.3 is 5.32 Å². The number of hydrogen-bond donors (Lipinski definition) is 1. The third-order valence-corrected chi connectivity index (χ3v) is 2.17.